The molecule has 1 heterocycles. The first-order valence-corrected chi connectivity index (χ1v) is 9.63. The van der Waals surface area contributed by atoms with Crippen LogP contribution >= 0.6 is 11.8 Å². The number of fused-ring (bicyclic) bond motifs is 5. The molecule has 1 unspecified atom stereocenters. The molecule has 1 aliphatic heterocycles. The molecule has 1 aliphatic carbocycles. The van der Waals surface area contributed by atoms with Crippen molar-refractivity contribution in [2.45, 2.75) is 18.2 Å². The largest absolute Gasteiger partial charge is 0.294 e. The quantitative estimate of drug-likeness (QED) is 0.608. The van der Waals surface area contributed by atoms with Gasteiger partial charge in [-0.05, 0) is 51.4 Å². The Bertz CT molecular complexity index is 1100. The van der Waals surface area contributed by atoms with Crippen molar-refractivity contribution in [1.82, 2.24) is 0 Å². The highest BCUT2D eigenvalue weighted by Crippen LogP contribution is 2.41. The number of hydrogen-bond donors (Lipinski definition) is 0. The molecule has 3 aromatic rings. The number of aldehydes is 1. The second kappa shape index (κ2) is 6.22. The van der Waals surface area contributed by atoms with Crippen molar-refractivity contribution in [2.24, 2.45) is 9.98 Å². The molecule has 3 nitrogen and oxygen atoms in total. The van der Waals surface area contributed by atoms with E-state index in [0.29, 0.717) is 6.29 Å². The van der Waals surface area contributed by atoms with Gasteiger partial charge in [0.05, 0.1) is 5.55 Å². The number of aliphatic imine (C=N–C) groups is 2. The molecule has 0 N–H and O–H groups in total. The summed E-state index contributed by atoms with van der Waals surface area (Å²) in [5, 5.41) is 2.39. The van der Waals surface area contributed by atoms with Crippen molar-refractivity contribution in [3.8, 4) is 11.1 Å². The molecule has 0 fully saturated rings. The molecule has 4 heteroatoms. The fraction of sp³-hybridized carbons (Fsp3) is 0.136. The van der Waals surface area contributed by atoms with E-state index in [-0.39, 0.29) is 11.2 Å². The van der Waals surface area contributed by atoms with Gasteiger partial charge in [0.2, 0.25) is 0 Å². The number of benzene rings is 3. The molecule has 5 rings (SSSR count). The summed E-state index contributed by atoms with van der Waals surface area (Å²) in [5.41, 5.74) is 8.38. The predicted molar refractivity (Wildman–Crippen MR) is 109 cm³/mol. The van der Waals surface area contributed by atoms with Gasteiger partial charge in [-0.1, -0.05) is 66.4 Å². The van der Waals surface area contributed by atoms with E-state index in [4.69, 9.17) is 0 Å². The molecule has 3 aromatic carbocycles. The Balaban J connectivity index is 1.70. The molecule has 0 saturated carbocycles. The van der Waals surface area contributed by atoms with Crippen LogP contribution in [-0.4, -0.2) is 17.7 Å². The van der Waals surface area contributed by atoms with Crippen LogP contribution in [0.1, 0.15) is 22.1 Å². The molecule has 0 spiro atoms. The van der Waals surface area contributed by atoms with Gasteiger partial charge in [-0.2, -0.15) is 0 Å². The summed E-state index contributed by atoms with van der Waals surface area (Å²) in [6, 6.07) is 19.5. The number of nitrogens with zero attached hydrogens (tertiary/aromatic N) is 2. The molecule has 26 heavy (non-hydrogen) atoms. The SMILES string of the molecule is O=CC1=NC(c2cccc3c4c(ccc23)-c2ccccc2CC4)SC=N1. The lowest BCUT2D eigenvalue weighted by Gasteiger charge is -2.23. The zero-order valence-corrected chi connectivity index (χ0v) is 14.9. The third-order valence-electron chi connectivity index (χ3n) is 5.15. The van der Waals surface area contributed by atoms with Crippen LogP contribution in [0.5, 0.6) is 0 Å². The Hall–Kier alpha value is -2.72. The maximum absolute atomic E-state index is 11.1. The van der Waals surface area contributed by atoms with Crippen LogP contribution in [-0.2, 0) is 17.6 Å². The third kappa shape index (κ3) is 2.41. The monoisotopic (exact) mass is 356 g/mol. The van der Waals surface area contributed by atoms with Crippen LogP contribution in [0.4, 0.5) is 0 Å². The van der Waals surface area contributed by atoms with Gasteiger partial charge in [-0.25, -0.2) is 9.98 Å². The summed E-state index contributed by atoms with van der Waals surface area (Å²) >= 11 is 1.54. The molecule has 0 saturated heterocycles. The third-order valence-corrected chi connectivity index (χ3v) is 6.00. The van der Waals surface area contributed by atoms with E-state index in [1.165, 1.54) is 44.8 Å². The second-order valence-electron chi connectivity index (χ2n) is 6.52. The van der Waals surface area contributed by atoms with Crippen molar-refractivity contribution < 1.29 is 4.79 Å². The van der Waals surface area contributed by atoms with Crippen molar-refractivity contribution in [2.75, 3.05) is 0 Å². The van der Waals surface area contributed by atoms with Gasteiger partial charge < -0.3 is 0 Å². The van der Waals surface area contributed by atoms with E-state index in [2.05, 4.69) is 64.6 Å². The normalized spacial score (nSPS) is 18.2. The average Bonchev–Trinajstić information content (AvgIpc) is 2.72. The Morgan fingerprint density at radius 3 is 2.77 bits per heavy atom. The summed E-state index contributed by atoms with van der Waals surface area (Å²) in [5.74, 6) is 0.262. The van der Waals surface area contributed by atoms with E-state index < -0.39 is 0 Å². The van der Waals surface area contributed by atoms with E-state index >= 15 is 0 Å². The minimum Gasteiger partial charge on any atom is -0.294 e. The molecule has 2 aliphatic rings. The predicted octanol–water partition coefficient (Wildman–Crippen LogP) is 4.98. The number of rotatable bonds is 2. The number of carbonyl (C=O) groups is 1. The second-order valence-corrected chi connectivity index (χ2v) is 7.45. The van der Waals surface area contributed by atoms with Gasteiger partial charge in [-0.3, -0.25) is 4.79 Å². The van der Waals surface area contributed by atoms with Crippen molar-refractivity contribution in [3.05, 3.63) is 71.3 Å². The van der Waals surface area contributed by atoms with Crippen LogP contribution < -0.4 is 0 Å². The minimum atomic E-state index is -0.120. The zero-order valence-electron chi connectivity index (χ0n) is 14.1. The van der Waals surface area contributed by atoms with E-state index in [1.807, 2.05) is 0 Å². The minimum absolute atomic E-state index is 0.120. The lowest BCUT2D eigenvalue weighted by Crippen LogP contribution is -2.07. The van der Waals surface area contributed by atoms with Crippen LogP contribution in [0.15, 0.2) is 64.6 Å². The summed E-state index contributed by atoms with van der Waals surface area (Å²) in [4.78, 5) is 19.6. The van der Waals surface area contributed by atoms with E-state index in [9.17, 15) is 4.79 Å². The first-order chi connectivity index (χ1) is 12.8. The van der Waals surface area contributed by atoms with Gasteiger partial charge >= 0.3 is 0 Å². The van der Waals surface area contributed by atoms with E-state index in [0.717, 1.165) is 18.4 Å². The van der Waals surface area contributed by atoms with Gasteiger partial charge in [0, 0.05) is 0 Å². The average molecular weight is 356 g/mol. The molecule has 0 aromatic heterocycles. The summed E-state index contributed by atoms with van der Waals surface area (Å²) in [7, 11) is 0. The van der Waals surface area contributed by atoms with E-state index in [1.54, 1.807) is 5.55 Å². The van der Waals surface area contributed by atoms with Crippen LogP contribution in [0.25, 0.3) is 21.9 Å². The maximum Gasteiger partial charge on any atom is 0.189 e. The Morgan fingerprint density at radius 2 is 1.85 bits per heavy atom. The highest BCUT2D eigenvalue weighted by molar-refractivity contribution is 8.12. The molecule has 0 bridgehead atoms. The Morgan fingerprint density at radius 1 is 0.923 bits per heavy atom. The number of hydrogen-bond acceptors (Lipinski definition) is 4. The van der Waals surface area contributed by atoms with Crippen LogP contribution in [0.3, 0.4) is 0 Å². The first-order valence-electron chi connectivity index (χ1n) is 8.69. The van der Waals surface area contributed by atoms with Crippen molar-refractivity contribution in [3.63, 3.8) is 0 Å². The summed E-state index contributed by atoms with van der Waals surface area (Å²) < 4.78 is 0. The standard InChI is InChI=1S/C22H16N2OS/c25-12-21-23-13-26-22(24-21)20-7-3-6-16-18-9-8-14-4-1-2-5-15(14)17(18)10-11-19(16)20/h1-7,10-13,22H,8-9H2. The summed E-state index contributed by atoms with van der Waals surface area (Å²) in [6.45, 7) is 0. The van der Waals surface area contributed by atoms with Crippen LogP contribution in [0, 0.1) is 0 Å². The van der Waals surface area contributed by atoms with Crippen LogP contribution in [0.2, 0.25) is 0 Å². The number of thioether (sulfide) groups is 1. The zero-order chi connectivity index (χ0) is 17.5. The highest BCUT2D eigenvalue weighted by Gasteiger charge is 2.21. The van der Waals surface area contributed by atoms with Crippen molar-refractivity contribution in [1.29, 1.82) is 0 Å². The highest BCUT2D eigenvalue weighted by atomic mass is 32.2. The molecule has 0 amide bonds. The maximum atomic E-state index is 11.1. The fourth-order valence-electron chi connectivity index (χ4n) is 3.97. The molecule has 1 atom stereocenters. The molecule has 0 radical (unpaired) electrons. The molecular weight excluding hydrogens is 340 g/mol. The number of carbonyl (C=O) groups excluding carboxylic acids is 1. The van der Waals surface area contributed by atoms with Gasteiger partial charge in [-0.15, -0.1) is 0 Å². The van der Waals surface area contributed by atoms with Gasteiger partial charge in [0.15, 0.2) is 12.1 Å². The van der Waals surface area contributed by atoms with Gasteiger partial charge in [0.1, 0.15) is 5.37 Å². The lowest BCUT2D eigenvalue weighted by atomic mass is 9.82. The Labute approximate surface area is 155 Å². The first kappa shape index (κ1) is 15.5. The smallest absolute Gasteiger partial charge is 0.189 e. The molecule has 126 valence electrons. The number of amidine groups is 1. The summed E-state index contributed by atoms with van der Waals surface area (Å²) in [6.07, 6.45) is 2.84. The number of aryl methyl sites for hydroxylation is 2. The Kier molecular flexibility index (Phi) is 3.71. The molecular formula is C22H16N2OS. The fourth-order valence-corrected chi connectivity index (χ4v) is 4.78. The lowest BCUT2D eigenvalue weighted by molar-refractivity contribution is -0.102. The van der Waals surface area contributed by atoms with Gasteiger partial charge in [0.25, 0.3) is 0 Å². The topological polar surface area (TPSA) is 41.8 Å². The van der Waals surface area contributed by atoms with Crippen molar-refractivity contribution >= 4 is 40.2 Å².